The van der Waals surface area contributed by atoms with E-state index >= 15 is 0 Å². The Labute approximate surface area is 118 Å². The van der Waals surface area contributed by atoms with Gasteiger partial charge < -0.3 is 10.6 Å². The van der Waals surface area contributed by atoms with Gasteiger partial charge in [-0.1, -0.05) is 16.8 Å². The van der Waals surface area contributed by atoms with E-state index in [2.05, 4.69) is 20.9 Å². The number of hydrogen-bond donors (Lipinski definition) is 2. The Morgan fingerprint density at radius 2 is 2.30 bits per heavy atom. The molecule has 0 radical (unpaired) electrons. The summed E-state index contributed by atoms with van der Waals surface area (Å²) >= 11 is 5.65. The van der Waals surface area contributed by atoms with Crippen LogP contribution in [0, 0.1) is 5.82 Å². The van der Waals surface area contributed by atoms with Gasteiger partial charge in [-0.25, -0.2) is 9.07 Å². The standard InChI is InChI=1S/C12H11ClFN5O/c13-9-3-7(1-2-10(9)14)16-12(20)11-6-19(18-17-11)8-4-15-5-8/h1-3,6,8,15H,4-5H2,(H,16,20). The molecule has 2 N–H and O–H groups in total. The molecule has 8 heteroatoms. The summed E-state index contributed by atoms with van der Waals surface area (Å²) in [5.74, 6) is -0.945. The molecule has 1 aliphatic rings. The third-order valence-corrected chi connectivity index (χ3v) is 3.34. The van der Waals surface area contributed by atoms with Crippen molar-refractivity contribution < 1.29 is 9.18 Å². The Morgan fingerprint density at radius 3 is 2.95 bits per heavy atom. The summed E-state index contributed by atoms with van der Waals surface area (Å²) in [7, 11) is 0. The number of aromatic nitrogens is 3. The molecule has 0 saturated carbocycles. The number of amides is 1. The zero-order chi connectivity index (χ0) is 14.1. The summed E-state index contributed by atoms with van der Waals surface area (Å²) in [5, 5.41) is 13.4. The van der Waals surface area contributed by atoms with Gasteiger partial charge in [-0.15, -0.1) is 5.10 Å². The normalized spacial score (nSPS) is 14.9. The first-order valence-corrected chi connectivity index (χ1v) is 6.40. The van der Waals surface area contributed by atoms with Crippen LogP contribution in [0.4, 0.5) is 10.1 Å². The van der Waals surface area contributed by atoms with Gasteiger partial charge in [0, 0.05) is 18.8 Å². The zero-order valence-corrected chi connectivity index (χ0v) is 11.1. The van der Waals surface area contributed by atoms with Crippen LogP contribution in [0.3, 0.4) is 0 Å². The van der Waals surface area contributed by atoms with Crippen LogP contribution in [0.15, 0.2) is 24.4 Å². The highest BCUT2D eigenvalue weighted by Crippen LogP contribution is 2.19. The highest BCUT2D eigenvalue weighted by Gasteiger charge is 2.21. The van der Waals surface area contributed by atoms with E-state index in [4.69, 9.17) is 11.6 Å². The Hall–Kier alpha value is -1.99. The number of carbonyl (C=O) groups is 1. The molecule has 2 heterocycles. The minimum Gasteiger partial charge on any atom is -0.320 e. The van der Waals surface area contributed by atoms with E-state index in [-0.39, 0.29) is 16.8 Å². The summed E-state index contributed by atoms with van der Waals surface area (Å²) in [6.07, 6.45) is 1.59. The van der Waals surface area contributed by atoms with Gasteiger partial charge in [0.2, 0.25) is 0 Å². The van der Waals surface area contributed by atoms with Gasteiger partial charge in [0.15, 0.2) is 5.69 Å². The molecule has 0 unspecified atom stereocenters. The summed E-state index contributed by atoms with van der Waals surface area (Å²) in [4.78, 5) is 12.0. The van der Waals surface area contributed by atoms with Crippen molar-refractivity contribution in [2.75, 3.05) is 18.4 Å². The van der Waals surface area contributed by atoms with Crippen LogP contribution in [0.25, 0.3) is 0 Å². The van der Waals surface area contributed by atoms with Crippen molar-refractivity contribution in [3.05, 3.63) is 40.9 Å². The lowest BCUT2D eigenvalue weighted by Crippen LogP contribution is -2.43. The van der Waals surface area contributed by atoms with E-state index in [0.717, 1.165) is 13.1 Å². The first kappa shape index (κ1) is 13.0. The molecule has 1 aliphatic heterocycles. The van der Waals surface area contributed by atoms with Crippen molar-refractivity contribution >= 4 is 23.2 Å². The predicted molar refractivity (Wildman–Crippen MR) is 71.3 cm³/mol. The predicted octanol–water partition coefficient (Wildman–Crippen LogP) is 1.47. The smallest absolute Gasteiger partial charge is 0.277 e. The number of anilines is 1. The lowest BCUT2D eigenvalue weighted by molar-refractivity contribution is 0.102. The maximum atomic E-state index is 13.0. The SMILES string of the molecule is O=C(Nc1ccc(F)c(Cl)c1)c1cn(C2CNC2)nn1. The number of hydrogen-bond acceptors (Lipinski definition) is 4. The zero-order valence-electron chi connectivity index (χ0n) is 10.3. The molecule has 1 amide bonds. The Bertz CT molecular complexity index is 655. The monoisotopic (exact) mass is 295 g/mol. The molecule has 0 atom stereocenters. The third-order valence-electron chi connectivity index (χ3n) is 3.05. The number of halogens is 2. The van der Waals surface area contributed by atoms with Crippen molar-refractivity contribution in [1.82, 2.24) is 20.3 Å². The fourth-order valence-corrected chi connectivity index (χ4v) is 1.97. The lowest BCUT2D eigenvalue weighted by atomic mass is 10.2. The number of carbonyl (C=O) groups excluding carboxylic acids is 1. The fourth-order valence-electron chi connectivity index (χ4n) is 1.79. The van der Waals surface area contributed by atoms with Gasteiger partial charge in [0.05, 0.1) is 17.3 Å². The highest BCUT2D eigenvalue weighted by molar-refractivity contribution is 6.31. The fraction of sp³-hybridized carbons (Fsp3) is 0.250. The molecular weight excluding hydrogens is 285 g/mol. The largest absolute Gasteiger partial charge is 0.320 e. The summed E-state index contributed by atoms with van der Waals surface area (Å²) in [6, 6.07) is 4.20. The molecule has 3 rings (SSSR count). The first-order chi connectivity index (χ1) is 9.63. The molecule has 20 heavy (non-hydrogen) atoms. The molecule has 2 aromatic rings. The van der Waals surface area contributed by atoms with Crippen molar-refractivity contribution in [2.45, 2.75) is 6.04 Å². The molecule has 1 aromatic carbocycles. The Kier molecular flexibility index (Phi) is 3.37. The maximum absolute atomic E-state index is 13.0. The van der Waals surface area contributed by atoms with Gasteiger partial charge in [-0.3, -0.25) is 4.79 Å². The maximum Gasteiger partial charge on any atom is 0.277 e. The second-order valence-electron chi connectivity index (χ2n) is 4.48. The van der Waals surface area contributed by atoms with Gasteiger partial charge in [0.25, 0.3) is 5.91 Å². The van der Waals surface area contributed by atoms with Crippen LogP contribution in [0.1, 0.15) is 16.5 Å². The number of nitrogens with one attached hydrogen (secondary N) is 2. The first-order valence-electron chi connectivity index (χ1n) is 6.02. The van der Waals surface area contributed by atoms with E-state index in [1.165, 1.54) is 18.2 Å². The molecule has 0 bridgehead atoms. The van der Waals surface area contributed by atoms with Crippen molar-refractivity contribution in [1.29, 1.82) is 0 Å². The van der Waals surface area contributed by atoms with E-state index in [1.54, 1.807) is 10.9 Å². The lowest BCUT2D eigenvalue weighted by Gasteiger charge is -2.26. The van der Waals surface area contributed by atoms with E-state index < -0.39 is 11.7 Å². The number of rotatable bonds is 3. The van der Waals surface area contributed by atoms with E-state index in [9.17, 15) is 9.18 Å². The Balaban J connectivity index is 1.71. The summed E-state index contributed by atoms with van der Waals surface area (Å²) in [5.41, 5.74) is 0.610. The molecule has 1 fully saturated rings. The van der Waals surface area contributed by atoms with Crippen LogP contribution in [-0.2, 0) is 0 Å². The highest BCUT2D eigenvalue weighted by atomic mass is 35.5. The van der Waals surface area contributed by atoms with Crippen LogP contribution in [0.2, 0.25) is 5.02 Å². The number of nitrogens with zero attached hydrogens (tertiary/aromatic N) is 3. The quantitative estimate of drug-likeness (QED) is 0.899. The molecule has 1 aromatic heterocycles. The summed E-state index contributed by atoms with van der Waals surface area (Å²) < 4.78 is 14.7. The third kappa shape index (κ3) is 2.50. The van der Waals surface area contributed by atoms with Gasteiger partial charge in [0.1, 0.15) is 5.82 Å². The number of benzene rings is 1. The average molecular weight is 296 g/mol. The second-order valence-corrected chi connectivity index (χ2v) is 4.89. The van der Waals surface area contributed by atoms with E-state index in [0.29, 0.717) is 5.69 Å². The minimum atomic E-state index is -0.534. The van der Waals surface area contributed by atoms with Gasteiger partial charge >= 0.3 is 0 Å². The Morgan fingerprint density at radius 1 is 1.50 bits per heavy atom. The van der Waals surface area contributed by atoms with Crippen LogP contribution in [-0.4, -0.2) is 34.0 Å². The minimum absolute atomic E-state index is 0.0491. The van der Waals surface area contributed by atoms with Crippen LogP contribution < -0.4 is 10.6 Å². The van der Waals surface area contributed by atoms with Gasteiger partial charge in [-0.2, -0.15) is 0 Å². The molecule has 0 aliphatic carbocycles. The van der Waals surface area contributed by atoms with Gasteiger partial charge in [-0.05, 0) is 18.2 Å². The molecule has 6 nitrogen and oxygen atoms in total. The van der Waals surface area contributed by atoms with Crippen molar-refractivity contribution in [3.8, 4) is 0 Å². The second kappa shape index (κ2) is 5.18. The molecular formula is C12H11ClFN5O. The summed E-state index contributed by atoms with van der Waals surface area (Å²) in [6.45, 7) is 1.63. The van der Waals surface area contributed by atoms with Crippen LogP contribution in [0.5, 0.6) is 0 Å². The van der Waals surface area contributed by atoms with Crippen molar-refractivity contribution in [2.24, 2.45) is 0 Å². The van der Waals surface area contributed by atoms with Crippen molar-refractivity contribution in [3.63, 3.8) is 0 Å². The topological polar surface area (TPSA) is 71.8 Å². The van der Waals surface area contributed by atoms with E-state index in [1.807, 2.05) is 0 Å². The average Bonchev–Trinajstić information content (AvgIpc) is 2.81. The van der Waals surface area contributed by atoms with Crippen LogP contribution >= 0.6 is 11.6 Å². The molecule has 0 spiro atoms. The molecule has 1 saturated heterocycles. The molecule has 104 valence electrons.